The molecule has 12 heteroatoms. The van der Waals surface area contributed by atoms with E-state index >= 15 is 0 Å². The average Bonchev–Trinajstić information content (AvgIpc) is 3.39. The molecule has 2 heterocycles. The van der Waals surface area contributed by atoms with Gasteiger partial charge < -0.3 is 25.6 Å². The predicted molar refractivity (Wildman–Crippen MR) is 184 cm³/mol. The number of nitrogens with zero attached hydrogens (tertiary/aromatic N) is 3. The van der Waals surface area contributed by atoms with Crippen LogP contribution in [0.5, 0.6) is 0 Å². The van der Waals surface area contributed by atoms with Gasteiger partial charge >= 0.3 is 12.1 Å². The summed E-state index contributed by atoms with van der Waals surface area (Å²) in [5.74, 6) is -0.238. The van der Waals surface area contributed by atoms with Crippen molar-refractivity contribution >= 4 is 40.7 Å². The Bertz CT molecular complexity index is 1570. The van der Waals surface area contributed by atoms with E-state index < -0.39 is 17.7 Å². The van der Waals surface area contributed by atoms with Crippen molar-refractivity contribution in [1.29, 1.82) is 0 Å². The molecule has 1 aliphatic rings. The molecule has 4 atom stereocenters. The number of urea groups is 1. The Kier molecular flexibility index (Phi) is 11.6. The van der Waals surface area contributed by atoms with Gasteiger partial charge in [0.25, 0.3) is 0 Å². The van der Waals surface area contributed by atoms with Crippen LogP contribution in [0.2, 0.25) is 0 Å². The van der Waals surface area contributed by atoms with Crippen molar-refractivity contribution in [2.75, 3.05) is 7.05 Å². The zero-order chi connectivity index (χ0) is 33.2. The predicted octanol–water partition coefficient (Wildman–Crippen LogP) is 6.13. The number of alkyl carbamates (subject to hydrolysis) is 1. The number of ether oxygens (including phenoxy) is 1. The number of rotatable bonds is 15. The molecular weight excluding hydrogens is 633 g/mol. The Balaban J connectivity index is 1.29. The van der Waals surface area contributed by atoms with E-state index in [1.54, 1.807) is 35.4 Å². The maximum absolute atomic E-state index is 14.0. The summed E-state index contributed by atoms with van der Waals surface area (Å²) in [7, 11) is 1.71. The SMILES string of the molecule is CC(C)[C@H](NC(=O)N(C)Cc1cncs1)C(=O)NC1(CC[C@@H](Cc2ccccc2)NC(=O)OCc2cncs2)C[C@H]1c1ccccc1. The molecule has 0 aliphatic heterocycles. The van der Waals surface area contributed by atoms with E-state index in [4.69, 9.17) is 4.74 Å². The number of benzene rings is 2. The third-order valence-electron chi connectivity index (χ3n) is 8.52. The smallest absolute Gasteiger partial charge is 0.407 e. The summed E-state index contributed by atoms with van der Waals surface area (Å²) in [6.07, 6.45) is 5.57. The van der Waals surface area contributed by atoms with Crippen LogP contribution in [0.3, 0.4) is 0 Å². The van der Waals surface area contributed by atoms with Gasteiger partial charge in [-0.05, 0) is 42.7 Å². The van der Waals surface area contributed by atoms with Crippen LogP contribution < -0.4 is 16.0 Å². The lowest BCUT2D eigenvalue weighted by molar-refractivity contribution is -0.125. The first-order valence-electron chi connectivity index (χ1n) is 15.8. The summed E-state index contributed by atoms with van der Waals surface area (Å²) in [4.78, 5) is 51.5. The minimum Gasteiger partial charge on any atom is -0.444 e. The fourth-order valence-corrected chi connectivity index (χ4v) is 7.00. The lowest BCUT2D eigenvalue weighted by atomic mass is 9.94. The van der Waals surface area contributed by atoms with Gasteiger partial charge in [-0.15, -0.1) is 22.7 Å². The lowest BCUT2D eigenvalue weighted by Crippen LogP contribution is -2.55. The topological polar surface area (TPSA) is 126 Å². The molecule has 4 aromatic rings. The van der Waals surface area contributed by atoms with E-state index in [-0.39, 0.29) is 36.4 Å². The molecule has 1 fully saturated rings. The van der Waals surface area contributed by atoms with Crippen molar-refractivity contribution in [1.82, 2.24) is 30.8 Å². The van der Waals surface area contributed by atoms with Gasteiger partial charge in [-0.3, -0.25) is 14.8 Å². The number of hydrogen-bond donors (Lipinski definition) is 3. The van der Waals surface area contributed by atoms with Crippen LogP contribution >= 0.6 is 22.7 Å². The van der Waals surface area contributed by atoms with Crippen molar-refractivity contribution in [3.63, 3.8) is 0 Å². The Morgan fingerprint density at radius 3 is 2.26 bits per heavy atom. The maximum atomic E-state index is 14.0. The second-order valence-corrected chi connectivity index (χ2v) is 14.4. The normalized spacial score (nSPS) is 18.2. The lowest BCUT2D eigenvalue weighted by Gasteiger charge is -2.29. The number of carbonyl (C=O) groups excluding carboxylic acids is 3. The number of thiazole rings is 2. The van der Waals surface area contributed by atoms with Crippen LogP contribution in [0.15, 0.2) is 84.1 Å². The van der Waals surface area contributed by atoms with E-state index in [0.717, 1.165) is 27.3 Å². The third kappa shape index (κ3) is 9.61. The second-order valence-electron chi connectivity index (χ2n) is 12.4. The van der Waals surface area contributed by atoms with Gasteiger partial charge in [0.05, 0.1) is 22.4 Å². The molecule has 0 saturated heterocycles. The average molecular weight is 675 g/mol. The van der Waals surface area contributed by atoms with Crippen LogP contribution in [-0.4, -0.2) is 57.6 Å². The fraction of sp³-hybridized carbons (Fsp3) is 0.400. The van der Waals surface area contributed by atoms with Gasteiger partial charge in [0, 0.05) is 41.8 Å². The van der Waals surface area contributed by atoms with Crippen molar-refractivity contribution < 1.29 is 19.1 Å². The van der Waals surface area contributed by atoms with Gasteiger partial charge in [-0.1, -0.05) is 74.5 Å². The molecule has 47 heavy (non-hydrogen) atoms. The summed E-state index contributed by atoms with van der Waals surface area (Å²) in [5.41, 5.74) is 5.17. The van der Waals surface area contributed by atoms with E-state index in [0.29, 0.717) is 25.8 Å². The maximum Gasteiger partial charge on any atom is 0.407 e. The van der Waals surface area contributed by atoms with Crippen molar-refractivity contribution in [3.8, 4) is 0 Å². The summed E-state index contributed by atoms with van der Waals surface area (Å²) in [6, 6.07) is 18.9. The highest BCUT2D eigenvalue weighted by Crippen LogP contribution is 2.54. The van der Waals surface area contributed by atoms with Crippen molar-refractivity contribution in [2.24, 2.45) is 5.92 Å². The van der Waals surface area contributed by atoms with Gasteiger partial charge in [0.1, 0.15) is 12.6 Å². The van der Waals surface area contributed by atoms with Crippen LogP contribution in [0.4, 0.5) is 9.59 Å². The molecule has 3 N–H and O–H groups in total. The van der Waals surface area contributed by atoms with E-state index in [2.05, 4.69) is 38.1 Å². The molecule has 5 rings (SSSR count). The summed E-state index contributed by atoms with van der Waals surface area (Å²) < 4.78 is 5.51. The summed E-state index contributed by atoms with van der Waals surface area (Å²) >= 11 is 2.91. The van der Waals surface area contributed by atoms with Crippen LogP contribution in [0.25, 0.3) is 0 Å². The Morgan fingerprint density at radius 2 is 1.62 bits per heavy atom. The quantitative estimate of drug-likeness (QED) is 0.139. The number of amides is 4. The summed E-state index contributed by atoms with van der Waals surface area (Å²) in [5, 5.41) is 9.42. The summed E-state index contributed by atoms with van der Waals surface area (Å²) in [6.45, 7) is 4.43. The molecule has 1 unspecified atom stereocenters. The van der Waals surface area contributed by atoms with Crippen LogP contribution in [0.1, 0.15) is 59.9 Å². The van der Waals surface area contributed by atoms with Gasteiger partial charge in [-0.25, -0.2) is 9.59 Å². The molecule has 1 aliphatic carbocycles. The molecule has 0 spiro atoms. The molecule has 0 radical (unpaired) electrons. The van der Waals surface area contributed by atoms with Gasteiger partial charge in [0.15, 0.2) is 0 Å². The third-order valence-corrected chi connectivity index (χ3v) is 10.0. The molecular formula is C35H42N6O4S2. The largest absolute Gasteiger partial charge is 0.444 e. The zero-order valence-electron chi connectivity index (χ0n) is 26.9. The second kappa shape index (κ2) is 16.0. The number of nitrogens with one attached hydrogen (secondary N) is 3. The Morgan fingerprint density at radius 1 is 0.957 bits per heavy atom. The monoisotopic (exact) mass is 674 g/mol. The van der Waals surface area contributed by atoms with Crippen molar-refractivity contribution in [3.05, 3.63) is 105 Å². The van der Waals surface area contributed by atoms with E-state index in [1.807, 2.05) is 62.4 Å². The fourth-order valence-electron chi connectivity index (χ4n) is 5.85. The molecule has 2 aromatic heterocycles. The molecule has 4 amide bonds. The van der Waals surface area contributed by atoms with Crippen molar-refractivity contribution in [2.45, 2.75) is 76.2 Å². The highest BCUT2D eigenvalue weighted by Gasteiger charge is 2.56. The molecule has 1 saturated carbocycles. The number of aromatic nitrogens is 2. The number of carbonyl (C=O) groups is 3. The van der Waals surface area contributed by atoms with Crippen LogP contribution in [0, 0.1) is 5.92 Å². The Labute approximate surface area is 284 Å². The minimum absolute atomic E-state index is 0.112. The molecule has 0 bridgehead atoms. The minimum atomic E-state index is -0.722. The van der Waals surface area contributed by atoms with Gasteiger partial charge in [0.2, 0.25) is 5.91 Å². The standard InChI is InChI=1S/C35H42N6O4S2/c1-24(2)31(39-33(43)41(3)20-28-18-36-22-46-28)32(42)40-35(17-30(35)26-12-8-5-9-13-26)15-14-27(16-25-10-6-4-7-11-25)38-34(44)45-21-29-19-37-23-47-29/h4-13,18-19,22-24,27,30-31H,14-17,20-21H2,1-3H3,(H,38,44)(H,39,43)(H,40,42)/t27-,30-,31-,35?/m0/s1. The first kappa shape index (κ1) is 34.1. The number of hydrogen-bond acceptors (Lipinski definition) is 8. The first-order valence-corrected chi connectivity index (χ1v) is 17.6. The molecule has 2 aromatic carbocycles. The molecule has 248 valence electrons. The molecule has 10 nitrogen and oxygen atoms in total. The van der Waals surface area contributed by atoms with E-state index in [9.17, 15) is 14.4 Å². The highest BCUT2D eigenvalue weighted by atomic mass is 32.1. The van der Waals surface area contributed by atoms with Crippen LogP contribution in [-0.2, 0) is 29.1 Å². The Hall–Kier alpha value is -4.29. The van der Waals surface area contributed by atoms with Gasteiger partial charge in [-0.2, -0.15) is 0 Å². The highest BCUT2D eigenvalue weighted by molar-refractivity contribution is 7.09. The van der Waals surface area contributed by atoms with E-state index in [1.165, 1.54) is 22.7 Å². The first-order chi connectivity index (χ1) is 22.7. The zero-order valence-corrected chi connectivity index (χ0v) is 28.6.